The first kappa shape index (κ1) is 16.5. The van der Waals surface area contributed by atoms with Gasteiger partial charge in [0.25, 0.3) is 0 Å². The number of hydrogen-bond donors (Lipinski definition) is 1. The number of aromatic nitrogens is 1. The van der Waals surface area contributed by atoms with Crippen LogP contribution in [0.25, 0.3) is 22.6 Å². The van der Waals surface area contributed by atoms with E-state index in [0.29, 0.717) is 17.0 Å². The summed E-state index contributed by atoms with van der Waals surface area (Å²) >= 11 is 3.39. The lowest BCUT2D eigenvalue weighted by Crippen LogP contribution is -1.82. The first-order valence-electron chi connectivity index (χ1n) is 8.09. The number of hydrogen-bond acceptors (Lipinski definition) is 4. The number of halogens is 1. The van der Waals surface area contributed by atoms with E-state index in [1.807, 2.05) is 49.4 Å². The van der Waals surface area contributed by atoms with Gasteiger partial charge in [0.15, 0.2) is 5.58 Å². The molecule has 0 aliphatic heterocycles. The Morgan fingerprint density at radius 3 is 2.65 bits per heavy atom. The van der Waals surface area contributed by atoms with Gasteiger partial charge in [-0.2, -0.15) is 0 Å². The maximum atomic E-state index is 9.89. The number of phenolic OH excluding ortho intramolecular Hbond substituents is 1. The Labute approximate surface area is 159 Å². The van der Waals surface area contributed by atoms with Gasteiger partial charge in [0.2, 0.25) is 5.89 Å². The van der Waals surface area contributed by atoms with Crippen molar-refractivity contribution in [2.24, 2.45) is 4.99 Å². The van der Waals surface area contributed by atoms with Crippen LogP contribution in [0.5, 0.6) is 5.75 Å². The van der Waals surface area contributed by atoms with Crippen molar-refractivity contribution in [3.05, 3.63) is 76.3 Å². The number of aryl methyl sites for hydroxylation is 1. The van der Waals surface area contributed by atoms with Gasteiger partial charge in [-0.05, 0) is 49.4 Å². The minimum atomic E-state index is 0.180. The van der Waals surface area contributed by atoms with Crippen LogP contribution in [-0.2, 0) is 0 Å². The number of oxazole rings is 1. The van der Waals surface area contributed by atoms with E-state index >= 15 is 0 Å². The maximum Gasteiger partial charge on any atom is 0.227 e. The predicted molar refractivity (Wildman–Crippen MR) is 107 cm³/mol. The number of benzene rings is 3. The smallest absolute Gasteiger partial charge is 0.227 e. The van der Waals surface area contributed by atoms with Crippen LogP contribution < -0.4 is 0 Å². The third-order valence-corrected chi connectivity index (χ3v) is 4.51. The Bertz CT molecular complexity index is 1110. The molecule has 5 heteroatoms. The van der Waals surface area contributed by atoms with Crippen molar-refractivity contribution in [1.29, 1.82) is 0 Å². The molecule has 0 unspecified atom stereocenters. The van der Waals surface area contributed by atoms with Crippen molar-refractivity contribution in [2.75, 3.05) is 0 Å². The Morgan fingerprint density at radius 1 is 1.04 bits per heavy atom. The van der Waals surface area contributed by atoms with Crippen molar-refractivity contribution in [2.45, 2.75) is 6.92 Å². The summed E-state index contributed by atoms with van der Waals surface area (Å²) in [6, 6.07) is 18.9. The number of rotatable bonds is 3. The van der Waals surface area contributed by atoms with Crippen LogP contribution in [0.2, 0.25) is 0 Å². The van der Waals surface area contributed by atoms with Crippen LogP contribution in [0, 0.1) is 6.92 Å². The minimum absolute atomic E-state index is 0.180. The number of aliphatic imine (C=N–C) groups is 1. The number of aromatic hydroxyl groups is 1. The summed E-state index contributed by atoms with van der Waals surface area (Å²) in [5.41, 5.74) is 4.95. The molecule has 4 aromatic rings. The molecule has 0 fully saturated rings. The molecule has 0 amide bonds. The average Bonchev–Trinajstić information content (AvgIpc) is 3.06. The Morgan fingerprint density at radius 2 is 1.85 bits per heavy atom. The van der Waals surface area contributed by atoms with Crippen molar-refractivity contribution in [3.63, 3.8) is 0 Å². The standard InChI is InChI=1S/C21H15BrN2O2/c1-13-2-4-14(5-3-13)21-24-18-8-7-17(11-20(18)26-21)23-12-15-10-16(22)6-9-19(15)25/h2-12,25H,1H3. The van der Waals surface area contributed by atoms with Gasteiger partial charge in [0, 0.05) is 27.9 Å². The van der Waals surface area contributed by atoms with Gasteiger partial charge < -0.3 is 9.52 Å². The number of nitrogens with zero attached hydrogens (tertiary/aromatic N) is 2. The van der Waals surface area contributed by atoms with E-state index in [4.69, 9.17) is 4.42 Å². The molecule has 0 bridgehead atoms. The summed E-state index contributed by atoms with van der Waals surface area (Å²) < 4.78 is 6.77. The molecular formula is C21H15BrN2O2. The summed E-state index contributed by atoms with van der Waals surface area (Å²) in [7, 11) is 0. The van der Waals surface area contributed by atoms with Crippen LogP contribution in [-0.4, -0.2) is 16.3 Å². The predicted octanol–water partition coefficient (Wildman–Crippen LogP) is 6.02. The van der Waals surface area contributed by atoms with Crippen LogP contribution >= 0.6 is 15.9 Å². The highest BCUT2D eigenvalue weighted by molar-refractivity contribution is 9.10. The van der Waals surface area contributed by atoms with E-state index in [-0.39, 0.29) is 5.75 Å². The van der Waals surface area contributed by atoms with Crippen LogP contribution in [0.15, 0.2) is 74.5 Å². The fourth-order valence-corrected chi connectivity index (χ4v) is 2.96. The number of fused-ring (bicyclic) bond motifs is 1. The summed E-state index contributed by atoms with van der Waals surface area (Å²) in [6.45, 7) is 2.04. The molecule has 0 saturated heterocycles. The van der Waals surface area contributed by atoms with Gasteiger partial charge in [-0.3, -0.25) is 4.99 Å². The highest BCUT2D eigenvalue weighted by atomic mass is 79.9. The molecule has 1 aromatic heterocycles. The summed E-state index contributed by atoms with van der Waals surface area (Å²) in [5, 5.41) is 9.89. The zero-order chi connectivity index (χ0) is 18.1. The summed E-state index contributed by atoms with van der Waals surface area (Å²) in [5.74, 6) is 0.769. The van der Waals surface area contributed by atoms with Gasteiger partial charge >= 0.3 is 0 Å². The zero-order valence-electron chi connectivity index (χ0n) is 14.0. The summed E-state index contributed by atoms with van der Waals surface area (Å²) in [4.78, 5) is 8.96. The fourth-order valence-electron chi connectivity index (χ4n) is 2.59. The third kappa shape index (κ3) is 3.39. The molecule has 26 heavy (non-hydrogen) atoms. The highest BCUT2D eigenvalue weighted by Gasteiger charge is 2.08. The Hall–Kier alpha value is -2.92. The molecule has 0 saturated carbocycles. The SMILES string of the molecule is Cc1ccc(-c2nc3ccc(N=Cc4cc(Br)ccc4O)cc3o2)cc1. The quantitative estimate of drug-likeness (QED) is 0.423. The largest absolute Gasteiger partial charge is 0.507 e. The van der Waals surface area contributed by atoms with Gasteiger partial charge in [-0.1, -0.05) is 33.6 Å². The molecule has 128 valence electrons. The molecule has 1 heterocycles. The van der Waals surface area contributed by atoms with Gasteiger partial charge in [0.05, 0.1) is 5.69 Å². The average molecular weight is 407 g/mol. The molecule has 0 atom stereocenters. The van der Waals surface area contributed by atoms with E-state index in [2.05, 4.69) is 25.9 Å². The molecule has 0 aliphatic rings. The summed E-state index contributed by atoms with van der Waals surface area (Å²) in [6.07, 6.45) is 1.62. The van der Waals surface area contributed by atoms with E-state index in [0.717, 1.165) is 21.2 Å². The lowest BCUT2D eigenvalue weighted by molar-refractivity contribution is 0.474. The fraction of sp³-hybridized carbons (Fsp3) is 0.0476. The molecule has 1 N–H and O–H groups in total. The van der Waals surface area contributed by atoms with Crippen LogP contribution in [0.3, 0.4) is 0 Å². The lowest BCUT2D eigenvalue weighted by Gasteiger charge is -1.99. The van der Waals surface area contributed by atoms with E-state index < -0.39 is 0 Å². The number of phenols is 1. The van der Waals surface area contributed by atoms with Gasteiger partial charge in [0.1, 0.15) is 11.3 Å². The first-order chi connectivity index (χ1) is 12.6. The van der Waals surface area contributed by atoms with Crippen molar-refractivity contribution in [1.82, 2.24) is 4.98 Å². The van der Waals surface area contributed by atoms with Crippen LogP contribution in [0.1, 0.15) is 11.1 Å². The van der Waals surface area contributed by atoms with Gasteiger partial charge in [-0.15, -0.1) is 0 Å². The second-order valence-corrected chi connectivity index (χ2v) is 6.91. The topological polar surface area (TPSA) is 58.6 Å². The normalized spacial score (nSPS) is 11.5. The van der Waals surface area contributed by atoms with Crippen molar-refractivity contribution in [3.8, 4) is 17.2 Å². The molecule has 3 aromatic carbocycles. The lowest BCUT2D eigenvalue weighted by atomic mass is 10.1. The second-order valence-electron chi connectivity index (χ2n) is 6.00. The molecule has 4 nitrogen and oxygen atoms in total. The maximum absolute atomic E-state index is 9.89. The Balaban J connectivity index is 1.66. The molecule has 0 spiro atoms. The van der Waals surface area contributed by atoms with Crippen molar-refractivity contribution < 1.29 is 9.52 Å². The van der Waals surface area contributed by atoms with E-state index in [9.17, 15) is 5.11 Å². The highest BCUT2D eigenvalue weighted by Crippen LogP contribution is 2.28. The monoisotopic (exact) mass is 406 g/mol. The Kier molecular flexibility index (Phi) is 4.31. The van der Waals surface area contributed by atoms with E-state index in [1.54, 1.807) is 24.4 Å². The third-order valence-electron chi connectivity index (χ3n) is 4.01. The molecule has 4 rings (SSSR count). The first-order valence-corrected chi connectivity index (χ1v) is 8.88. The van der Waals surface area contributed by atoms with Crippen LogP contribution in [0.4, 0.5) is 5.69 Å². The van der Waals surface area contributed by atoms with Gasteiger partial charge in [-0.25, -0.2) is 4.98 Å². The molecule has 0 aliphatic carbocycles. The van der Waals surface area contributed by atoms with Crippen molar-refractivity contribution >= 4 is 38.9 Å². The zero-order valence-corrected chi connectivity index (χ0v) is 15.6. The molecular weight excluding hydrogens is 392 g/mol. The minimum Gasteiger partial charge on any atom is -0.507 e. The second kappa shape index (κ2) is 6.77. The van der Waals surface area contributed by atoms with E-state index in [1.165, 1.54) is 5.56 Å². The molecule has 0 radical (unpaired) electrons.